The summed E-state index contributed by atoms with van der Waals surface area (Å²) in [7, 11) is 0. The molecule has 0 radical (unpaired) electrons. The third-order valence-electron chi connectivity index (χ3n) is 3.21. The molecule has 0 bridgehead atoms. The van der Waals surface area contributed by atoms with Crippen molar-refractivity contribution in [1.29, 1.82) is 5.26 Å². The van der Waals surface area contributed by atoms with Crippen LogP contribution in [0, 0.1) is 31.1 Å². The number of likely N-dealkylation sites (tertiary alicyclic amines) is 1. The highest BCUT2D eigenvalue weighted by atomic mass is 16.5. The second-order valence-corrected chi connectivity index (χ2v) is 4.39. The minimum Gasteiger partial charge on any atom is -0.361 e. The Labute approximate surface area is 100.0 Å². The summed E-state index contributed by atoms with van der Waals surface area (Å²) in [5.41, 5.74) is 1.20. The summed E-state index contributed by atoms with van der Waals surface area (Å²) in [6.07, 6.45) is 1.51. The maximum Gasteiger partial charge on any atom is 0.259 e. The molecule has 0 spiro atoms. The maximum atomic E-state index is 12.2. The van der Waals surface area contributed by atoms with Gasteiger partial charge in [0.25, 0.3) is 5.91 Å². The summed E-state index contributed by atoms with van der Waals surface area (Å²) in [4.78, 5) is 14.0. The van der Waals surface area contributed by atoms with E-state index in [0.717, 1.165) is 12.8 Å². The van der Waals surface area contributed by atoms with E-state index in [2.05, 4.69) is 11.2 Å². The highest BCUT2D eigenvalue weighted by molar-refractivity contribution is 5.96. The molecule has 1 fully saturated rings. The Hall–Kier alpha value is -1.83. The first-order chi connectivity index (χ1) is 8.13. The van der Waals surface area contributed by atoms with Crippen LogP contribution in [-0.2, 0) is 0 Å². The first-order valence-corrected chi connectivity index (χ1v) is 5.75. The third-order valence-corrected chi connectivity index (χ3v) is 3.21. The molecule has 1 amide bonds. The number of carbonyl (C=O) groups is 1. The SMILES string of the molecule is Cc1noc(C)c1C(=O)N1CCC(C#N)CC1. The van der Waals surface area contributed by atoms with Gasteiger partial charge in [0.05, 0.1) is 11.8 Å². The fraction of sp³-hybridized carbons (Fsp3) is 0.583. The van der Waals surface area contributed by atoms with Crippen LogP contribution in [0.15, 0.2) is 4.52 Å². The highest BCUT2D eigenvalue weighted by Gasteiger charge is 2.27. The summed E-state index contributed by atoms with van der Waals surface area (Å²) in [5.74, 6) is 0.622. The molecule has 5 heteroatoms. The van der Waals surface area contributed by atoms with E-state index in [9.17, 15) is 4.79 Å². The second kappa shape index (κ2) is 4.58. The number of aromatic nitrogens is 1. The molecule has 1 aromatic heterocycles. The average Bonchev–Trinajstić information content (AvgIpc) is 2.68. The van der Waals surface area contributed by atoms with Gasteiger partial charge in [-0.15, -0.1) is 0 Å². The Kier molecular flexibility index (Phi) is 3.14. The van der Waals surface area contributed by atoms with E-state index in [4.69, 9.17) is 9.78 Å². The van der Waals surface area contributed by atoms with Gasteiger partial charge in [0.15, 0.2) is 0 Å². The molecule has 2 heterocycles. The van der Waals surface area contributed by atoms with Gasteiger partial charge in [-0.3, -0.25) is 4.79 Å². The zero-order valence-corrected chi connectivity index (χ0v) is 10.1. The van der Waals surface area contributed by atoms with Gasteiger partial charge < -0.3 is 9.42 Å². The van der Waals surface area contributed by atoms with E-state index in [1.165, 1.54) is 0 Å². The van der Waals surface area contributed by atoms with E-state index in [-0.39, 0.29) is 11.8 Å². The number of carbonyl (C=O) groups excluding carboxylic acids is 1. The molecule has 0 aliphatic carbocycles. The predicted octanol–water partition coefficient (Wildman–Crippen LogP) is 1.67. The number of rotatable bonds is 1. The van der Waals surface area contributed by atoms with Crippen LogP contribution in [0.3, 0.4) is 0 Å². The summed E-state index contributed by atoms with van der Waals surface area (Å²) in [6.45, 7) is 4.79. The number of nitriles is 1. The average molecular weight is 233 g/mol. The zero-order chi connectivity index (χ0) is 12.4. The van der Waals surface area contributed by atoms with Gasteiger partial charge in [0.1, 0.15) is 11.3 Å². The quantitative estimate of drug-likeness (QED) is 0.739. The van der Waals surface area contributed by atoms with E-state index in [1.54, 1.807) is 18.7 Å². The van der Waals surface area contributed by atoms with Gasteiger partial charge in [0, 0.05) is 19.0 Å². The lowest BCUT2D eigenvalue weighted by molar-refractivity contribution is 0.0705. The summed E-state index contributed by atoms with van der Waals surface area (Å²) in [6, 6.07) is 2.25. The standard InChI is InChI=1S/C12H15N3O2/c1-8-11(9(2)17-14-8)12(16)15-5-3-10(7-13)4-6-15/h10H,3-6H2,1-2H3. The number of hydrogen-bond acceptors (Lipinski definition) is 4. The number of amides is 1. The van der Waals surface area contributed by atoms with E-state index in [1.807, 2.05) is 0 Å². The Morgan fingerprint density at radius 2 is 2.12 bits per heavy atom. The normalized spacial score (nSPS) is 16.9. The molecular formula is C12H15N3O2. The summed E-state index contributed by atoms with van der Waals surface area (Å²) < 4.78 is 5.00. The highest BCUT2D eigenvalue weighted by Crippen LogP contribution is 2.21. The number of aryl methyl sites for hydroxylation is 2. The summed E-state index contributed by atoms with van der Waals surface area (Å²) in [5, 5.41) is 12.6. The van der Waals surface area contributed by atoms with Gasteiger partial charge in [-0.2, -0.15) is 5.26 Å². The minimum atomic E-state index is -0.0300. The van der Waals surface area contributed by atoms with Crippen LogP contribution < -0.4 is 0 Å². The molecule has 1 aliphatic rings. The Balaban J connectivity index is 2.10. The van der Waals surface area contributed by atoms with Crippen molar-refractivity contribution in [1.82, 2.24) is 10.1 Å². The van der Waals surface area contributed by atoms with Crippen LogP contribution in [0.1, 0.15) is 34.7 Å². The van der Waals surface area contributed by atoms with Gasteiger partial charge in [-0.05, 0) is 26.7 Å². The Bertz CT molecular complexity index is 445. The summed E-state index contributed by atoms with van der Waals surface area (Å²) >= 11 is 0. The van der Waals surface area contributed by atoms with Gasteiger partial charge >= 0.3 is 0 Å². The van der Waals surface area contributed by atoms with Crippen LogP contribution in [0.4, 0.5) is 0 Å². The van der Waals surface area contributed by atoms with Crippen molar-refractivity contribution in [3.63, 3.8) is 0 Å². The molecule has 1 aromatic rings. The van der Waals surface area contributed by atoms with Crippen LogP contribution in [-0.4, -0.2) is 29.1 Å². The first-order valence-electron chi connectivity index (χ1n) is 5.75. The topological polar surface area (TPSA) is 70.1 Å². The molecule has 0 atom stereocenters. The van der Waals surface area contributed by atoms with Crippen LogP contribution in [0.25, 0.3) is 0 Å². The third kappa shape index (κ3) is 2.16. The van der Waals surface area contributed by atoms with Crippen molar-refractivity contribution in [3.05, 3.63) is 17.0 Å². The van der Waals surface area contributed by atoms with E-state index >= 15 is 0 Å². The zero-order valence-electron chi connectivity index (χ0n) is 10.1. The van der Waals surface area contributed by atoms with Gasteiger partial charge in [-0.25, -0.2) is 0 Å². The lowest BCUT2D eigenvalue weighted by atomic mass is 9.98. The molecular weight excluding hydrogens is 218 g/mol. The molecule has 0 N–H and O–H groups in total. The fourth-order valence-electron chi connectivity index (χ4n) is 2.16. The largest absolute Gasteiger partial charge is 0.361 e. The lowest BCUT2D eigenvalue weighted by Gasteiger charge is -2.29. The van der Waals surface area contributed by atoms with Crippen molar-refractivity contribution in [2.45, 2.75) is 26.7 Å². The van der Waals surface area contributed by atoms with E-state index < -0.39 is 0 Å². The van der Waals surface area contributed by atoms with Crippen molar-refractivity contribution < 1.29 is 9.32 Å². The van der Waals surface area contributed by atoms with E-state index in [0.29, 0.717) is 30.1 Å². The minimum absolute atomic E-state index is 0.0300. The van der Waals surface area contributed by atoms with Crippen molar-refractivity contribution in [2.24, 2.45) is 5.92 Å². The van der Waals surface area contributed by atoms with Crippen molar-refractivity contribution >= 4 is 5.91 Å². The van der Waals surface area contributed by atoms with Crippen LogP contribution >= 0.6 is 0 Å². The molecule has 1 saturated heterocycles. The molecule has 0 unspecified atom stereocenters. The molecule has 2 rings (SSSR count). The smallest absolute Gasteiger partial charge is 0.259 e. The Morgan fingerprint density at radius 1 is 1.47 bits per heavy atom. The first kappa shape index (κ1) is 11.6. The van der Waals surface area contributed by atoms with Gasteiger partial charge in [-0.1, -0.05) is 5.16 Å². The molecule has 0 aromatic carbocycles. The van der Waals surface area contributed by atoms with Crippen LogP contribution in [0.2, 0.25) is 0 Å². The molecule has 90 valence electrons. The lowest BCUT2D eigenvalue weighted by Crippen LogP contribution is -2.38. The van der Waals surface area contributed by atoms with Crippen molar-refractivity contribution in [3.8, 4) is 6.07 Å². The number of nitrogens with zero attached hydrogens (tertiary/aromatic N) is 3. The molecule has 1 aliphatic heterocycles. The van der Waals surface area contributed by atoms with Crippen molar-refractivity contribution in [2.75, 3.05) is 13.1 Å². The monoisotopic (exact) mass is 233 g/mol. The second-order valence-electron chi connectivity index (χ2n) is 4.39. The number of piperidine rings is 1. The maximum absolute atomic E-state index is 12.2. The molecule has 0 saturated carbocycles. The Morgan fingerprint density at radius 3 is 2.59 bits per heavy atom. The fourth-order valence-corrected chi connectivity index (χ4v) is 2.16. The van der Waals surface area contributed by atoms with Gasteiger partial charge in [0.2, 0.25) is 0 Å². The predicted molar refractivity (Wildman–Crippen MR) is 60.2 cm³/mol. The molecule has 17 heavy (non-hydrogen) atoms. The number of hydrogen-bond donors (Lipinski definition) is 0. The molecule has 5 nitrogen and oxygen atoms in total. The van der Waals surface area contributed by atoms with Crippen LogP contribution in [0.5, 0.6) is 0 Å².